The molecule has 2 N–H and O–H groups in total. The van der Waals surface area contributed by atoms with Gasteiger partial charge in [0.05, 0.1) is 5.60 Å². The molecular weight excluding hydrogens is 268 g/mol. The van der Waals surface area contributed by atoms with Gasteiger partial charge in [-0.25, -0.2) is 0 Å². The Balaban J connectivity index is 1.80. The fraction of sp³-hybridized carbons (Fsp3) is 0.375. The monoisotopic (exact) mass is 286 g/mol. The molecule has 1 saturated carbocycles. The molecule has 1 aliphatic rings. The van der Waals surface area contributed by atoms with E-state index in [1.807, 2.05) is 6.07 Å². The number of hydrogen-bond acceptors (Lipinski definition) is 4. The van der Waals surface area contributed by atoms with Crippen LogP contribution in [-0.4, -0.2) is 29.8 Å². The highest BCUT2D eigenvalue weighted by molar-refractivity contribution is 5.91. The lowest BCUT2D eigenvalue weighted by molar-refractivity contribution is -0.118. The number of aliphatic hydroxyl groups is 1. The van der Waals surface area contributed by atoms with Gasteiger partial charge in [0, 0.05) is 12.6 Å². The molecule has 0 bridgehead atoms. The van der Waals surface area contributed by atoms with E-state index in [0.29, 0.717) is 12.3 Å². The van der Waals surface area contributed by atoms with Crippen molar-refractivity contribution in [3.63, 3.8) is 0 Å². The fourth-order valence-corrected chi connectivity index (χ4v) is 2.03. The second-order valence-corrected chi connectivity index (χ2v) is 5.14. The van der Waals surface area contributed by atoms with Gasteiger partial charge in [-0.3, -0.25) is 4.79 Å². The maximum Gasteiger partial charge on any atom is 0.244 e. The first-order valence-corrected chi connectivity index (χ1v) is 6.89. The number of hydrogen-bond donors (Lipinski definition) is 2. The van der Waals surface area contributed by atoms with Gasteiger partial charge < -0.3 is 15.2 Å². The summed E-state index contributed by atoms with van der Waals surface area (Å²) in [4.78, 5) is 11.6. The predicted molar refractivity (Wildman–Crippen MR) is 78.4 cm³/mol. The molecule has 0 spiro atoms. The van der Waals surface area contributed by atoms with Crippen molar-refractivity contribution in [3.05, 3.63) is 35.9 Å². The van der Waals surface area contributed by atoms with Gasteiger partial charge in [-0.1, -0.05) is 12.1 Å². The van der Waals surface area contributed by atoms with E-state index < -0.39 is 5.60 Å². The van der Waals surface area contributed by atoms with Crippen LogP contribution in [0.5, 0.6) is 5.75 Å². The SMILES string of the molecule is N#CCOc1ccc(C=CC(=O)NCC2(O)CCC2)cc1. The third-order valence-electron chi connectivity index (χ3n) is 3.49. The molecule has 1 fully saturated rings. The van der Waals surface area contributed by atoms with Crippen LogP contribution in [0.3, 0.4) is 0 Å². The first kappa shape index (κ1) is 15.1. The number of amides is 1. The van der Waals surface area contributed by atoms with E-state index in [4.69, 9.17) is 10.00 Å². The number of carbonyl (C=O) groups excluding carboxylic acids is 1. The minimum Gasteiger partial charge on any atom is -0.479 e. The van der Waals surface area contributed by atoms with Gasteiger partial charge in [0.15, 0.2) is 6.61 Å². The molecule has 0 aromatic heterocycles. The molecular formula is C16H18N2O3. The van der Waals surface area contributed by atoms with E-state index in [1.54, 1.807) is 30.3 Å². The van der Waals surface area contributed by atoms with Gasteiger partial charge >= 0.3 is 0 Å². The zero-order chi connectivity index (χ0) is 15.1. The minimum absolute atomic E-state index is 0.0144. The summed E-state index contributed by atoms with van der Waals surface area (Å²) >= 11 is 0. The van der Waals surface area contributed by atoms with Crippen molar-refractivity contribution in [3.8, 4) is 11.8 Å². The zero-order valence-electron chi connectivity index (χ0n) is 11.7. The molecule has 1 aromatic carbocycles. The number of rotatable bonds is 6. The smallest absolute Gasteiger partial charge is 0.244 e. The lowest BCUT2D eigenvalue weighted by Crippen LogP contribution is -2.47. The number of nitriles is 1. The third-order valence-corrected chi connectivity index (χ3v) is 3.49. The summed E-state index contributed by atoms with van der Waals surface area (Å²) in [5, 5.41) is 21.0. The zero-order valence-corrected chi connectivity index (χ0v) is 11.7. The average molecular weight is 286 g/mol. The van der Waals surface area contributed by atoms with E-state index in [-0.39, 0.29) is 12.5 Å². The maximum absolute atomic E-state index is 11.6. The van der Waals surface area contributed by atoms with Crippen LogP contribution in [0.1, 0.15) is 24.8 Å². The quantitative estimate of drug-likeness (QED) is 0.779. The molecule has 1 amide bonds. The van der Waals surface area contributed by atoms with Crippen LogP contribution in [0, 0.1) is 11.3 Å². The summed E-state index contributed by atoms with van der Waals surface area (Å²) in [6.07, 6.45) is 5.64. The van der Waals surface area contributed by atoms with Crippen LogP contribution < -0.4 is 10.1 Å². The molecule has 0 saturated heterocycles. The first-order valence-electron chi connectivity index (χ1n) is 6.89. The average Bonchev–Trinajstić information content (AvgIpc) is 2.48. The van der Waals surface area contributed by atoms with Gasteiger partial charge in [0.1, 0.15) is 11.8 Å². The molecule has 0 atom stereocenters. The van der Waals surface area contributed by atoms with Crippen molar-refractivity contribution in [2.24, 2.45) is 0 Å². The fourth-order valence-electron chi connectivity index (χ4n) is 2.03. The van der Waals surface area contributed by atoms with Crippen LogP contribution in [0.15, 0.2) is 30.3 Å². The Labute approximate surface area is 123 Å². The lowest BCUT2D eigenvalue weighted by Gasteiger charge is -2.36. The van der Waals surface area contributed by atoms with E-state index in [2.05, 4.69) is 5.32 Å². The largest absolute Gasteiger partial charge is 0.479 e. The molecule has 1 aliphatic carbocycles. The normalized spacial score (nSPS) is 16.0. The highest BCUT2D eigenvalue weighted by Gasteiger charge is 2.34. The van der Waals surface area contributed by atoms with Crippen LogP contribution in [0.4, 0.5) is 0 Å². The number of nitrogens with one attached hydrogen (secondary N) is 1. The predicted octanol–water partition coefficient (Wildman–Crippen LogP) is 1.63. The molecule has 110 valence electrons. The molecule has 0 unspecified atom stereocenters. The Morgan fingerprint density at radius 3 is 2.71 bits per heavy atom. The van der Waals surface area contributed by atoms with Crippen LogP contribution >= 0.6 is 0 Å². The van der Waals surface area contributed by atoms with Gasteiger partial charge in [-0.15, -0.1) is 0 Å². The summed E-state index contributed by atoms with van der Waals surface area (Å²) in [6, 6.07) is 8.98. The molecule has 2 rings (SSSR count). The number of ether oxygens (including phenoxy) is 1. The third kappa shape index (κ3) is 4.62. The van der Waals surface area contributed by atoms with Crippen molar-refractivity contribution in [2.75, 3.05) is 13.2 Å². The second-order valence-electron chi connectivity index (χ2n) is 5.14. The number of carbonyl (C=O) groups is 1. The van der Waals surface area contributed by atoms with Gasteiger partial charge in [0.2, 0.25) is 5.91 Å². The van der Waals surface area contributed by atoms with Crippen molar-refractivity contribution >= 4 is 12.0 Å². The first-order chi connectivity index (χ1) is 10.1. The van der Waals surface area contributed by atoms with Crippen LogP contribution in [0.25, 0.3) is 6.08 Å². The van der Waals surface area contributed by atoms with Gasteiger partial charge in [-0.2, -0.15) is 5.26 Å². The Bertz CT molecular complexity index is 554. The highest BCUT2D eigenvalue weighted by Crippen LogP contribution is 2.30. The van der Waals surface area contributed by atoms with Crippen molar-refractivity contribution in [1.29, 1.82) is 5.26 Å². The second kappa shape index (κ2) is 6.91. The summed E-state index contributed by atoms with van der Waals surface area (Å²) in [5.41, 5.74) is 0.153. The van der Waals surface area contributed by atoms with E-state index in [1.165, 1.54) is 6.08 Å². The van der Waals surface area contributed by atoms with E-state index >= 15 is 0 Å². The molecule has 1 aromatic rings. The molecule has 21 heavy (non-hydrogen) atoms. The molecule has 5 heteroatoms. The van der Waals surface area contributed by atoms with E-state index in [9.17, 15) is 9.90 Å². The van der Waals surface area contributed by atoms with E-state index in [0.717, 1.165) is 24.8 Å². The maximum atomic E-state index is 11.6. The van der Waals surface area contributed by atoms with Crippen LogP contribution in [0.2, 0.25) is 0 Å². The topological polar surface area (TPSA) is 82.3 Å². The van der Waals surface area contributed by atoms with Crippen molar-refractivity contribution in [1.82, 2.24) is 5.32 Å². The minimum atomic E-state index is -0.705. The highest BCUT2D eigenvalue weighted by atomic mass is 16.5. The number of benzene rings is 1. The molecule has 0 radical (unpaired) electrons. The molecule has 0 heterocycles. The van der Waals surface area contributed by atoms with Crippen LogP contribution in [-0.2, 0) is 4.79 Å². The summed E-state index contributed by atoms with van der Waals surface area (Å²) in [6.45, 7) is 0.317. The molecule has 5 nitrogen and oxygen atoms in total. The lowest BCUT2D eigenvalue weighted by atomic mass is 9.80. The Morgan fingerprint density at radius 1 is 1.43 bits per heavy atom. The Hall–Kier alpha value is -2.32. The Morgan fingerprint density at radius 2 is 2.14 bits per heavy atom. The number of nitrogens with zero attached hydrogens (tertiary/aromatic N) is 1. The Kier molecular flexibility index (Phi) is 4.96. The van der Waals surface area contributed by atoms with Crippen molar-refractivity contribution in [2.45, 2.75) is 24.9 Å². The van der Waals surface area contributed by atoms with Gasteiger partial charge in [-0.05, 0) is 43.0 Å². The summed E-state index contributed by atoms with van der Waals surface area (Å²) < 4.78 is 5.14. The standard InChI is InChI=1S/C16H18N2O3/c17-10-11-21-14-5-2-13(3-6-14)4-7-15(19)18-12-16(20)8-1-9-16/h2-7,20H,1,8-9,11-12H2,(H,18,19). The van der Waals surface area contributed by atoms with Crippen molar-refractivity contribution < 1.29 is 14.6 Å². The summed E-state index contributed by atoms with van der Waals surface area (Å²) in [7, 11) is 0. The van der Waals surface area contributed by atoms with Gasteiger partial charge in [0.25, 0.3) is 0 Å². The molecule has 0 aliphatic heterocycles. The summed E-state index contributed by atoms with van der Waals surface area (Å²) in [5.74, 6) is 0.394.